The van der Waals surface area contributed by atoms with E-state index < -0.39 is 0 Å². The number of hydrogen-bond acceptors (Lipinski definition) is 1. The predicted octanol–water partition coefficient (Wildman–Crippen LogP) is 16.2. The average molecular weight is 795 g/mol. The topological polar surface area (TPSA) is 8.17 Å². The van der Waals surface area contributed by atoms with E-state index in [-0.39, 0.29) is 10.8 Å². The second kappa shape index (κ2) is 13.5. The Bertz CT molecular complexity index is 3380. The van der Waals surface area contributed by atoms with Crippen molar-refractivity contribution in [2.75, 3.05) is 4.90 Å². The molecule has 2 aliphatic carbocycles. The molecule has 0 atom stereocenters. The number of para-hydroxylation sites is 2. The summed E-state index contributed by atoms with van der Waals surface area (Å²) in [6.45, 7) is 9.44. The van der Waals surface area contributed by atoms with Gasteiger partial charge in [-0.2, -0.15) is 0 Å². The summed E-state index contributed by atoms with van der Waals surface area (Å²) in [6.07, 6.45) is 0. The molecule has 1 aromatic heterocycles. The fourth-order valence-electron chi connectivity index (χ4n) is 10.9. The fourth-order valence-corrected chi connectivity index (χ4v) is 10.9. The van der Waals surface area contributed by atoms with Crippen LogP contribution in [0.15, 0.2) is 206 Å². The van der Waals surface area contributed by atoms with Gasteiger partial charge in [0.15, 0.2) is 0 Å². The van der Waals surface area contributed by atoms with Crippen molar-refractivity contribution in [1.29, 1.82) is 0 Å². The third-order valence-corrected chi connectivity index (χ3v) is 14.0. The minimum atomic E-state index is -0.111. The van der Waals surface area contributed by atoms with Gasteiger partial charge in [0.2, 0.25) is 0 Å². The second-order valence-electron chi connectivity index (χ2n) is 18.1. The quantitative estimate of drug-likeness (QED) is 0.163. The van der Waals surface area contributed by atoms with Gasteiger partial charge in [-0.1, -0.05) is 179 Å². The third-order valence-electron chi connectivity index (χ3n) is 14.0. The summed E-state index contributed by atoms with van der Waals surface area (Å²) in [5.41, 5.74) is 22.6. The van der Waals surface area contributed by atoms with Gasteiger partial charge in [-0.3, -0.25) is 0 Å². The molecule has 2 heteroatoms. The highest BCUT2D eigenvalue weighted by atomic mass is 15.1. The van der Waals surface area contributed by atoms with E-state index in [1.54, 1.807) is 0 Å². The van der Waals surface area contributed by atoms with Gasteiger partial charge in [-0.15, -0.1) is 0 Å². The first-order valence-corrected chi connectivity index (χ1v) is 21.9. The van der Waals surface area contributed by atoms with Crippen LogP contribution >= 0.6 is 0 Å². The molecular weight excluding hydrogens is 749 g/mol. The number of hydrogen-bond donors (Lipinski definition) is 0. The molecule has 296 valence electrons. The Morgan fingerprint density at radius 3 is 1.55 bits per heavy atom. The summed E-state index contributed by atoms with van der Waals surface area (Å²) < 4.78 is 2.40. The first-order valence-electron chi connectivity index (χ1n) is 21.9. The van der Waals surface area contributed by atoms with E-state index in [1.807, 2.05) is 0 Å². The van der Waals surface area contributed by atoms with E-state index in [0.717, 1.165) is 11.4 Å². The van der Waals surface area contributed by atoms with E-state index in [0.29, 0.717) is 0 Å². The highest BCUT2D eigenvalue weighted by molar-refractivity contribution is 6.10. The fraction of sp³-hybridized carbons (Fsp3) is 0.100. The van der Waals surface area contributed by atoms with Gasteiger partial charge < -0.3 is 9.47 Å². The van der Waals surface area contributed by atoms with Crippen LogP contribution in [0.2, 0.25) is 0 Å². The molecule has 0 amide bonds. The molecule has 0 saturated carbocycles. The first kappa shape index (κ1) is 36.4. The van der Waals surface area contributed by atoms with Crippen LogP contribution in [0, 0.1) is 0 Å². The Kier molecular flexibility index (Phi) is 7.96. The van der Waals surface area contributed by atoms with Gasteiger partial charge in [0.05, 0.1) is 16.7 Å². The summed E-state index contributed by atoms with van der Waals surface area (Å²) in [4.78, 5) is 2.47. The molecule has 0 aliphatic heterocycles. The minimum Gasteiger partial charge on any atom is -0.310 e. The van der Waals surface area contributed by atoms with Crippen LogP contribution in [0.4, 0.5) is 17.1 Å². The molecule has 0 radical (unpaired) electrons. The third kappa shape index (κ3) is 5.29. The smallest absolute Gasteiger partial charge is 0.0547 e. The van der Waals surface area contributed by atoms with Crippen molar-refractivity contribution in [1.82, 2.24) is 4.57 Å². The SMILES string of the molecule is CC1(C)c2ccccc2-c2c(-c3ccc(N(c4ccc(-c5ccc6c7ccccc7n(-c7ccccc7)c6c5)cc4)c4cccc5c4-c4ccccc4C5(C)C)cc3)cccc21. The molecular formula is C60H46N2. The lowest BCUT2D eigenvalue weighted by Crippen LogP contribution is -2.16. The Balaban J connectivity index is 0.996. The summed E-state index contributed by atoms with van der Waals surface area (Å²) in [7, 11) is 0. The molecule has 62 heavy (non-hydrogen) atoms. The van der Waals surface area contributed by atoms with Gasteiger partial charge in [0.25, 0.3) is 0 Å². The molecule has 0 fully saturated rings. The van der Waals surface area contributed by atoms with Crippen molar-refractivity contribution >= 4 is 38.9 Å². The molecule has 0 bridgehead atoms. The number of nitrogens with zero attached hydrogens (tertiary/aromatic N) is 2. The highest BCUT2D eigenvalue weighted by Gasteiger charge is 2.38. The second-order valence-corrected chi connectivity index (χ2v) is 18.1. The summed E-state index contributed by atoms with van der Waals surface area (Å²) in [6, 6.07) is 76.4. The average Bonchev–Trinajstić information content (AvgIpc) is 3.87. The Hall–Kier alpha value is -7.42. The number of aromatic nitrogens is 1. The summed E-state index contributed by atoms with van der Waals surface area (Å²) >= 11 is 0. The maximum absolute atomic E-state index is 2.47. The monoisotopic (exact) mass is 794 g/mol. The molecule has 2 aliphatic rings. The zero-order valence-corrected chi connectivity index (χ0v) is 35.5. The zero-order valence-electron chi connectivity index (χ0n) is 35.5. The van der Waals surface area contributed by atoms with Crippen molar-refractivity contribution in [3.05, 3.63) is 229 Å². The first-order chi connectivity index (χ1) is 30.3. The van der Waals surface area contributed by atoms with Gasteiger partial charge in [-0.25, -0.2) is 0 Å². The highest BCUT2D eigenvalue weighted by Crippen LogP contribution is 2.55. The van der Waals surface area contributed by atoms with Crippen molar-refractivity contribution in [3.8, 4) is 50.2 Å². The van der Waals surface area contributed by atoms with E-state index in [1.165, 1.54) is 99.9 Å². The van der Waals surface area contributed by atoms with Crippen molar-refractivity contribution < 1.29 is 0 Å². The maximum Gasteiger partial charge on any atom is 0.0547 e. The lowest BCUT2D eigenvalue weighted by molar-refractivity contribution is 0.660. The molecule has 2 nitrogen and oxygen atoms in total. The summed E-state index contributed by atoms with van der Waals surface area (Å²) in [5, 5.41) is 2.52. The number of benzene rings is 9. The molecule has 0 spiro atoms. The van der Waals surface area contributed by atoms with E-state index in [2.05, 4.69) is 243 Å². The molecule has 0 unspecified atom stereocenters. The molecule has 10 aromatic rings. The zero-order chi connectivity index (χ0) is 41.7. The van der Waals surface area contributed by atoms with Crippen molar-refractivity contribution in [2.24, 2.45) is 0 Å². The van der Waals surface area contributed by atoms with Crippen LogP contribution in [0.1, 0.15) is 49.9 Å². The molecule has 12 rings (SSSR count). The van der Waals surface area contributed by atoms with Crippen LogP contribution in [0.25, 0.3) is 72.0 Å². The Labute approximate surface area is 364 Å². The van der Waals surface area contributed by atoms with Gasteiger partial charge in [-0.05, 0) is 116 Å². The minimum absolute atomic E-state index is 0.0470. The normalized spacial score (nSPS) is 14.1. The van der Waals surface area contributed by atoms with Crippen LogP contribution in [0.3, 0.4) is 0 Å². The van der Waals surface area contributed by atoms with Crippen LogP contribution in [-0.2, 0) is 10.8 Å². The lowest BCUT2D eigenvalue weighted by atomic mass is 9.82. The molecule has 0 saturated heterocycles. The number of anilines is 3. The van der Waals surface area contributed by atoms with Gasteiger partial charge in [0.1, 0.15) is 0 Å². The van der Waals surface area contributed by atoms with Crippen LogP contribution in [0.5, 0.6) is 0 Å². The number of rotatable bonds is 6. The predicted molar refractivity (Wildman–Crippen MR) is 261 cm³/mol. The largest absolute Gasteiger partial charge is 0.310 e. The molecule has 9 aromatic carbocycles. The van der Waals surface area contributed by atoms with Crippen molar-refractivity contribution in [3.63, 3.8) is 0 Å². The van der Waals surface area contributed by atoms with E-state index >= 15 is 0 Å². The van der Waals surface area contributed by atoms with Gasteiger partial charge in [0, 0.05) is 44.2 Å². The standard InChI is InChI=1S/C60H46N2/c1-59(2)50-22-11-8-19-48(50)57-45(21-14-24-52(57)59)40-30-35-44(36-31-40)61(55-27-15-25-53-58(55)49-20-9-12-23-51(49)60(53,3)4)43-33-28-39(29-34-43)41-32-37-47-46-18-10-13-26-54(46)62(56(47)38-41)42-16-6-5-7-17-42/h5-38H,1-4H3. The molecule has 0 N–H and O–H groups in total. The van der Waals surface area contributed by atoms with Crippen LogP contribution < -0.4 is 4.90 Å². The maximum atomic E-state index is 2.47. The van der Waals surface area contributed by atoms with E-state index in [4.69, 9.17) is 0 Å². The van der Waals surface area contributed by atoms with E-state index in [9.17, 15) is 0 Å². The lowest BCUT2D eigenvalue weighted by Gasteiger charge is -2.29. The Morgan fingerprint density at radius 2 is 0.855 bits per heavy atom. The van der Waals surface area contributed by atoms with Crippen LogP contribution in [-0.4, -0.2) is 4.57 Å². The summed E-state index contributed by atoms with van der Waals surface area (Å²) in [5.74, 6) is 0. The Morgan fingerprint density at radius 1 is 0.355 bits per heavy atom. The van der Waals surface area contributed by atoms with Crippen molar-refractivity contribution in [2.45, 2.75) is 38.5 Å². The van der Waals surface area contributed by atoms with Gasteiger partial charge >= 0.3 is 0 Å². The molecule has 1 heterocycles. The number of fused-ring (bicyclic) bond motifs is 9.